The lowest BCUT2D eigenvalue weighted by molar-refractivity contribution is 0.000316. The summed E-state index contributed by atoms with van der Waals surface area (Å²) in [7, 11) is 1.51. The molecule has 10 heteroatoms. The van der Waals surface area contributed by atoms with Crippen molar-refractivity contribution in [2.75, 3.05) is 44.0 Å². The molecule has 2 heterocycles. The summed E-state index contributed by atoms with van der Waals surface area (Å²) in [6, 6.07) is 2.69. The molecule has 0 spiro atoms. The number of rotatable bonds is 6. The standard InChI is InChI=1S/C18H22ClN5O4/c1-11-7-22-17(9-21-11)24-18(25)23-14-5-13(19)15(26-2)6-16(14)28-10-12-8-20-3-4-27-12/h5-7,9,12,20H,3-4,8,10H2,1-2H3,(H2,22,23,24,25)/t12-/m0/s1. The van der Waals surface area contributed by atoms with Crippen LogP contribution in [0.25, 0.3) is 0 Å². The normalized spacial score (nSPS) is 16.3. The highest BCUT2D eigenvalue weighted by atomic mass is 35.5. The van der Waals surface area contributed by atoms with Crippen molar-refractivity contribution >= 4 is 29.1 Å². The molecule has 1 fully saturated rings. The van der Waals surface area contributed by atoms with Crippen LogP contribution in [0.15, 0.2) is 24.5 Å². The van der Waals surface area contributed by atoms with Crippen LogP contribution in [0.1, 0.15) is 5.69 Å². The number of nitrogens with one attached hydrogen (secondary N) is 3. The van der Waals surface area contributed by atoms with Gasteiger partial charge in [-0.2, -0.15) is 0 Å². The Bertz CT molecular complexity index is 812. The van der Waals surface area contributed by atoms with E-state index in [9.17, 15) is 4.79 Å². The number of aryl methyl sites for hydroxylation is 1. The zero-order valence-corrected chi connectivity index (χ0v) is 16.4. The van der Waals surface area contributed by atoms with Crippen molar-refractivity contribution < 1.29 is 19.0 Å². The first-order valence-electron chi connectivity index (χ1n) is 8.74. The second kappa shape index (κ2) is 9.54. The molecule has 2 aromatic rings. The van der Waals surface area contributed by atoms with Crippen molar-refractivity contribution in [3.05, 3.63) is 35.2 Å². The number of nitrogens with zero attached hydrogens (tertiary/aromatic N) is 2. The van der Waals surface area contributed by atoms with Crippen molar-refractivity contribution in [2.45, 2.75) is 13.0 Å². The third-order valence-electron chi connectivity index (χ3n) is 3.95. The summed E-state index contributed by atoms with van der Waals surface area (Å²) in [5, 5.41) is 8.91. The highest BCUT2D eigenvalue weighted by Gasteiger charge is 2.18. The van der Waals surface area contributed by atoms with Crippen molar-refractivity contribution in [2.24, 2.45) is 0 Å². The molecule has 0 radical (unpaired) electrons. The van der Waals surface area contributed by atoms with Gasteiger partial charge in [-0.1, -0.05) is 11.6 Å². The van der Waals surface area contributed by atoms with Crippen LogP contribution in [0.2, 0.25) is 5.02 Å². The summed E-state index contributed by atoms with van der Waals surface area (Å²) in [4.78, 5) is 20.5. The molecule has 0 aliphatic carbocycles. The van der Waals surface area contributed by atoms with Gasteiger partial charge in [0.05, 0.1) is 42.5 Å². The number of anilines is 2. The van der Waals surface area contributed by atoms with E-state index in [1.807, 2.05) is 6.92 Å². The van der Waals surface area contributed by atoms with E-state index < -0.39 is 6.03 Å². The number of hydrogen-bond acceptors (Lipinski definition) is 7. The number of carbonyl (C=O) groups excluding carboxylic acids is 1. The summed E-state index contributed by atoms with van der Waals surface area (Å²) in [6.45, 7) is 4.27. The van der Waals surface area contributed by atoms with E-state index in [1.54, 1.807) is 18.3 Å². The maximum Gasteiger partial charge on any atom is 0.325 e. The summed E-state index contributed by atoms with van der Waals surface area (Å²) in [5.74, 6) is 1.18. The van der Waals surface area contributed by atoms with Crippen LogP contribution in [-0.2, 0) is 4.74 Å². The molecule has 3 N–H and O–H groups in total. The topological polar surface area (TPSA) is 107 Å². The number of methoxy groups -OCH3 is 1. The molecule has 28 heavy (non-hydrogen) atoms. The van der Waals surface area contributed by atoms with Crippen molar-refractivity contribution in [3.63, 3.8) is 0 Å². The molecule has 9 nitrogen and oxygen atoms in total. The minimum atomic E-state index is -0.500. The number of carbonyl (C=O) groups is 1. The van der Waals surface area contributed by atoms with E-state index in [1.165, 1.54) is 13.3 Å². The van der Waals surface area contributed by atoms with Gasteiger partial charge in [0.15, 0.2) is 5.82 Å². The Morgan fingerprint density at radius 1 is 1.32 bits per heavy atom. The highest BCUT2D eigenvalue weighted by molar-refractivity contribution is 6.32. The van der Waals surface area contributed by atoms with Gasteiger partial charge in [0.2, 0.25) is 0 Å². The fraction of sp³-hybridized carbons (Fsp3) is 0.389. The Labute approximate surface area is 167 Å². The number of amides is 2. The van der Waals surface area contributed by atoms with Crippen LogP contribution < -0.4 is 25.4 Å². The lowest BCUT2D eigenvalue weighted by Crippen LogP contribution is -2.41. The van der Waals surface area contributed by atoms with Crippen molar-refractivity contribution in [1.29, 1.82) is 0 Å². The van der Waals surface area contributed by atoms with Gasteiger partial charge in [-0.05, 0) is 13.0 Å². The Hall–Kier alpha value is -2.62. The third-order valence-corrected chi connectivity index (χ3v) is 4.25. The molecule has 1 aliphatic heterocycles. The van der Waals surface area contributed by atoms with Crippen molar-refractivity contribution in [1.82, 2.24) is 15.3 Å². The monoisotopic (exact) mass is 407 g/mol. The van der Waals surface area contributed by atoms with Gasteiger partial charge in [0.1, 0.15) is 24.2 Å². The fourth-order valence-electron chi connectivity index (χ4n) is 2.54. The van der Waals surface area contributed by atoms with Gasteiger partial charge in [0, 0.05) is 19.2 Å². The van der Waals surface area contributed by atoms with Gasteiger partial charge in [-0.15, -0.1) is 0 Å². The second-order valence-electron chi connectivity index (χ2n) is 6.11. The molecule has 1 aliphatic rings. The fourth-order valence-corrected chi connectivity index (χ4v) is 2.79. The number of halogens is 1. The Morgan fingerprint density at radius 2 is 2.18 bits per heavy atom. The van der Waals surface area contributed by atoms with E-state index in [0.717, 1.165) is 12.2 Å². The van der Waals surface area contributed by atoms with Crippen LogP contribution in [0.3, 0.4) is 0 Å². The van der Waals surface area contributed by atoms with E-state index in [4.69, 9.17) is 25.8 Å². The molecule has 0 bridgehead atoms. The maximum atomic E-state index is 12.3. The van der Waals surface area contributed by atoms with E-state index >= 15 is 0 Å². The third kappa shape index (κ3) is 5.44. The largest absolute Gasteiger partial charge is 0.495 e. The van der Waals surface area contributed by atoms with E-state index in [2.05, 4.69) is 25.9 Å². The number of aromatic nitrogens is 2. The van der Waals surface area contributed by atoms with E-state index in [0.29, 0.717) is 47.8 Å². The van der Waals surface area contributed by atoms with Gasteiger partial charge >= 0.3 is 6.03 Å². The van der Waals surface area contributed by atoms with Crippen LogP contribution in [-0.4, -0.2) is 55.5 Å². The molecule has 150 valence electrons. The zero-order chi connectivity index (χ0) is 19.9. The van der Waals surface area contributed by atoms with Crippen LogP contribution in [0.5, 0.6) is 11.5 Å². The second-order valence-corrected chi connectivity index (χ2v) is 6.52. The predicted molar refractivity (Wildman–Crippen MR) is 106 cm³/mol. The number of hydrogen-bond donors (Lipinski definition) is 3. The summed E-state index contributed by atoms with van der Waals surface area (Å²) in [6.07, 6.45) is 2.95. The molecule has 1 aromatic carbocycles. The lowest BCUT2D eigenvalue weighted by atomic mass is 10.2. The molecular weight excluding hydrogens is 386 g/mol. The first-order chi connectivity index (χ1) is 13.5. The highest BCUT2D eigenvalue weighted by Crippen LogP contribution is 2.36. The summed E-state index contributed by atoms with van der Waals surface area (Å²) < 4.78 is 16.7. The van der Waals surface area contributed by atoms with Crippen LogP contribution >= 0.6 is 11.6 Å². The van der Waals surface area contributed by atoms with Gasteiger partial charge in [-0.3, -0.25) is 10.3 Å². The zero-order valence-electron chi connectivity index (χ0n) is 15.6. The molecule has 1 atom stereocenters. The summed E-state index contributed by atoms with van der Waals surface area (Å²) >= 11 is 6.20. The maximum absolute atomic E-state index is 12.3. The Balaban J connectivity index is 1.71. The minimum absolute atomic E-state index is 0.0834. The summed E-state index contributed by atoms with van der Waals surface area (Å²) in [5.41, 5.74) is 1.15. The average Bonchev–Trinajstić information content (AvgIpc) is 2.70. The first-order valence-corrected chi connectivity index (χ1v) is 9.12. The van der Waals surface area contributed by atoms with E-state index in [-0.39, 0.29) is 6.10 Å². The molecule has 3 rings (SSSR count). The Kier molecular flexibility index (Phi) is 6.85. The predicted octanol–water partition coefficient (Wildman–Crippen LogP) is 2.46. The number of morpholine rings is 1. The molecule has 0 saturated carbocycles. The molecule has 1 aromatic heterocycles. The quantitative estimate of drug-likeness (QED) is 0.675. The van der Waals surface area contributed by atoms with Crippen molar-refractivity contribution in [3.8, 4) is 11.5 Å². The minimum Gasteiger partial charge on any atom is -0.495 e. The smallest absolute Gasteiger partial charge is 0.325 e. The lowest BCUT2D eigenvalue weighted by Gasteiger charge is -2.24. The molecular formula is C18H22ClN5O4. The SMILES string of the molecule is COc1cc(OC[C@@H]2CNCCO2)c(NC(=O)Nc2cnc(C)cn2)cc1Cl. The number of urea groups is 1. The van der Waals surface area contributed by atoms with Gasteiger partial charge in [0.25, 0.3) is 0 Å². The van der Waals surface area contributed by atoms with Crippen LogP contribution in [0, 0.1) is 6.92 Å². The molecule has 2 amide bonds. The van der Waals surface area contributed by atoms with Gasteiger partial charge in [-0.25, -0.2) is 9.78 Å². The van der Waals surface area contributed by atoms with Crippen LogP contribution in [0.4, 0.5) is 16.3 Å². The Morgan fingerprint density at radius 3 is 2.86 bits per heavy atom. The first kappa shape index (κ1) is 20.1. The average molecular weight is 408 g/mol. The number of ether oxygens (including phenoxy) is 3. The molecule has 0 unspecified atom stereocenters. The van der Waals surface area contributed by atoms with Gasteiger partial charge < -0.3 is 24.8 Å². The molecule has 1 saturated heterocycles. The number of benzene rings is 1.